The van der Waals surface area contributed by atoms with E-state index in [0.29, 0.717) is 5.56 Å². The van der Waals surface area contributed by atoms with Crippen LogP contribution < -0.4 is 0 Å². The van der Waals surface area contributed by atoms with Gasteiger partial charge in [0.05, 0.1) is 0 Å². The molecule has 18 heavy (non-hydrogen) atoms. The van der Waals surface area contributed by atoms with Gasteiger partial charge in [-0.1, -0.05) is 54.1 Å². The van der Waals surface area contributed by atoms with E-state index in [4.69, 9.17) is 5.11 Å². The van der Waals surface area contributed by atoms with Gasteiger partial charge in [-0.05, 0) is 23.6 Å². The molecule has 1 atom stereocenters. The summed E-state index contributed by atoms with van der Waals surface area (Å²) in [6.07, 6.45) is -1.46. The standard InChI is InChI=1S/C15H14O3/c1-10-2-4-11(5-3-10)12-6-8-13(9-7-12)14(16)15(17)18/h2-9,14,16H,1H3,(H,17,18)/t14-/m1/s1. The number of hydrogen-bond acceptors (Lipinski definition) is 2. The number of benzene rings is 2. The maximum Gasteiger partial charge on any atom is 0.337 e. The molecule has 2 rings (SSSR count). The molecular formula is C15H14O3. The summed E-state index contributed by atoms with van der Waals surface area (Å²) in [7, 11) is 0. The number of aryl methyl sites for hydroxylation is 1. The third-order valence-electron chi connectivity index (χ3n) is 2.85. The number of carboxylic acids is 1. The van der Waals surface area contributed by atoms with Crippen LogP contribution in [0.1, 0.15) is 17.2 Å². The van der Waals surface area contributed by atoms with Crippen LogP contribution in [0, 0.1) is 6.92 Å². The molecule has 0 heterocycles. The molecule has 0 amide bonds. The highest BCUT2D eigenvalue weighted by Gasteiger charge is 2.15. The lowest BCUT2D eigenvalue weighted by Gasteiger charge is -2.07. The van der Waals surface area contributed by atoms with Gasteiger partial charge in [-0.15, -0.1) is 0 Å². The first-order valence-electron chi connectivity index (χ1n) is 5.66. The number of carbonyl (C=O) groups is 1. The molecule has 0 aliphatic heterocycles. The average Bonchev–Trinajstić information content (AvgIpc) is 2.39. The summed E-state index contributed by atoms with van der Waals surface area (Å²) in [5.41, 5.74) is 3.64. The van der Waals surface area contributed by atoms with Crippen LogP contribution in [0.4, 0.5) is 0 Å². The minimum absolute atomic E-state index is 0.387. The lowest BCUT2D eigenvalue weighted by Crippen LogP contribution is -2.09. The van der Waals surface area contributed by atoms with E-state index in [1.807, 2.05) is 43.3 Å². The fourth-order valence-electron chi connectivity index (χ4n) is 1.75. The van der Waals surface area contributed by atoms with Crippen molar-refractivity contribution in [2.45, 2.75) is 13.0 Å². The van der Waals surface area contributed by atoms with Crippen LogP contribution in [0.25, 0.3) is 11.1 Å². The molecule has 0 unspecified atom stereocenters. The van der Waals surface area contributed by atoms with Gasteiger partial charge in [0.2, 0.25) is 0 Å². The number of aliphatic carboxylic acids is 1. The average molecular weight is 242 g/mol. The molecular weight excluding hydrogens is 228 g/mol. The van der Waals surface area contributed by atoms with Crippen molar-refractivity contribution in [2.75, 3.05) is 0 Å². The number of hydrogen-bond donors (Lipinski definition) is 2. The molecule has 2 aromatic carbocycles. The van der Waals surface area contributed by atoms with Crippen molar-refractivity contribution >= 4 is 5.97 Å². The van der Waals surface area contributed by atoms with Gasteiger partial charge in [0.1, 0.15) is 0 Å². The Morgan fingerprint density at radius 1 is 0.944 bits per heavy atom. The van der Waals surface area contributed by atoms with Crippen molar-refractivity contribution in [1.82, 2.24) is 0 Å². The highest BCUT2D eigenvalue weighted by Crippen LogP contribution is 2.22. The summed E-state index contributed by atoms with van der Waals surface area (Å²) < 4.78 is 0. The predicted molar refractivity (Wildman–Crippen MR) is 69.2 cm³/mol. The molecule has 0 saturated heterocycles. The topological polar surface area (TPSA) is 57.5 Å². The van der Waals surface area contributed by atoms with E-state index in [9.17, 15) is 9.90 Å². The first-order valence-corrected chi connectivity index (χ1v) is 5.66. The summed E-state index contributed by atoms with van der Waals surface area (Å²) in [5.74, 6) is -1.24. The summed E-state index contributed by atoms with van der Waals surface area (Å²) in [4.78, 5) is 10.6. The van der Waals surface area contributed by atoms with Crippen molar-refractivity contribution < 1.29 is 15.0 Å². The van der Waals surface area contributed by atoms with Crippen molar-refractivity contribution in [3.05, 3.63) is 59.7 Å². The molecule has 2 aromatic rings. The second-order valence-electron chi connectivity index (χ2n) is 4.23. The molecule has 2 N–H and O–H groups in total. The Kier molecular flexibility index (Phi) is 3.44. The summed E-state index contributed by atoms with van der Waals surface area (Å²) in [6, 6.07) is 15.0. The van der Waals surface area contributed by atoms with Crippen molar-refractivity contribution in [3.8, 4) is 11.1 Å². The van der Waals surface area contributed by atoms with Gasteiger partial charge in [-0.25, -0.2) is 4.79 Å². The molecule has 3 heteroatoms. The highest BCUT2D eigenvalue weighted by molar-refractivity contribution is 5.74. The van der Waals surface area contributed by atoms with E-state index in [-0.39, 0.29) is 0 Å². The van der Waals surface area contributed by atoms with E-state index < -0.39 is 12.1 Å². The Hall–Kier alpha value is -2.13. The van der Waals surface area contributed by atoms with Gasteiger partial charge >= 0.3 is 5.97 Å². The molecule has 0 aliphatic rings. The second kappa shape index (κ2) is 5.02. The monoisotopic (exact) mass is 242 g/mol. The van der Waals surface area contributed by atoms with Gasteiger partial charge in [0.25, 0.3) is 0 Å². The van der Waals surface area contributed by atoms with Gasteiger partial charge in [0.15, 0.2) is 6.10 Å². The third-order valence-corrected chi connectivity index (χ3v) is 2.85. The molecule has 92 valence electrons. The van der Waals surface area contributed by atoms with Crippen LogP contribution in [0.3, 0.4) is 0 Å². The molecule has 0 radical (unpaired) electrons. The van der Waals surface area contributed by atoms with Crippen LogP contribution >= 0.6 is 0 Å². The van der Waals surface area contributed by atoms with Crippen LogP contribution in [-0.4, -0.2) is 16.2 Å². The number of carboxylic acid groups (broad SMARTS) is 1. The number of rotatable bonds is 3. The van der Waals surface area contributed by atoms with Gasteiger partial charge in [0, 0.05) is 0 Å². The smallest absolute Gasteiger partial charge is 0.337 e. The SMILES string of the molecule is Cc1ccc(-c2ccc([C@@H](O)C(=O)O)cc2)cc1. The van der Waals surface area contributed by atoms with Crippen molar-refractivity contribution in [2.24, 2.45) is 0 Å². The fourth-order valence-corrected chi connectivity index (χ4v) is 1.75. The zero-order valence-corrected chi connectivity index (χ0v) is 10.00. The van der Waals surface area contributed by atoms with Crippen LogP contribution in [0.15, 0.2) is 48.5 Å². The zero-order chi connectivity index (χ0) is 13.1. The largest absolute Gasteiger partial charge is 0.479 e. The quantitative estimate of drug-likeness (QED) is 0.870. The van der Waals surface area contributed by atoms with E-state index in [2.05, 4.69) is 0 Å². The summed E-state index contributed by atoms with van der Waals surface area (Å²) in [6.45, 7) is 2.02. The lowest BCUT2D eigenvalue weighted by atomic mass is 10.0. The normalized spacial score (nSPS) is 12.1. The van der Waals surface area contributed by atoms with Gasteiger partial charge in [-0.2, -0.15) is 0 Å². The molecule has 3 nitrogen and oxygen atoms in total. The Bertz CT molecular complexity index is 541. The Labute approximate surface area is 105 Å². The van der Waals surface area contributed by atoms with E-state index in [0.717, 1.165) is 11.1 Å². The van der Waals surface area contributed by atoms with E-state index in [1.54, 1.807) is 12.1 Å². The Balaban J connectivity index is 2.27. The molecule has 0 aliphatic carbocycles. The van der Waals surface area contributed by atoms with Gasteiger partial charge in [-0.3, -0.25) is 0 Å². The summed E-state index contributed by atoms with van der Waals surface area (Å²) >= 11 is 0. The maximum absolute atomic E-state index is 10.6. The fraction of sp³-hybridized carbons (Fsp3) is 0.133. The first kappa shape index (κ1) is 12.3. The number of aliphatic hydroxyl groups excluding tert-OH is 1. The van der Waals surface area contributed by atoms with Crippen LogP contribution in [0.5, 0.6) is 0 Å². The second-order valence-corrected chi connectivity index (χ2v) is 4.23. The molecule has 0 spiro atoms. The molecule has 0 saturated carbocycles. The molecule has 0 bridgehead atoms. The van der Waals surface area contributed by atoms with E-state index >= 15 is 0 Å². The van der Waals surface area contributed by atoms with Crippen LogP contribution in [0.2, 0.25) is 0 Å². The Morgan fingerprint density at radius 3 is 1.83 bits per heavy atom. The minimum Gasteiger partial charge on any atom is -0.479 e. The van der Waals surface area contributed by atoms with Crippen molar-refractivity contribution in [1.29, 1.82) is 0 Å². The Morgan fingerprint density at radius 2 is 1.39 bits per heavy atom. The minimum atomic E-state index is -1.46. The predicted octanol–water partition coefficient (Wildman–Crippen LogP) is 2.78. The lowest BCUT2D eigenvalue weighted by molar-refractivity contribution is -0.146. The van der Waals surface area contributed by atoms with Gasteiger partial charge < -0.3 is 10.2 Å². The molecule has 0 aromatic heterocycles. The zero-order valence-electron chi connectivity index (χ0n) is 10.00. The first-order chi connectivity index (χ1) is 8.58. The summed E-state index contributed by atoms with van der Waals surface area (Å²) in [5, 5.41) is 18.1. The van der Waals surface area contributed by atoms with E-state index in [1.165, 1.54) is 5.56 Å². The highest BCUT2D eigenvalue weighted by atomic mass is 16.4. The maximum atomic E-state index is 10.6. The number of aliphatic hydroxyl groups is 1. The third kappa shape index (κ3) is 2.57. The molecule has 0 fully saturated rings. The van der Waals surface area contributed by atoms with Crippen molar-refractivity contribution in [3.63, 3.8) is 0 Å². The van der Waals surface area contributed by atoms with Crippen LogP contribution in [-0.2, 0) is 4.79 Å².